The summed E-state index contributed by atoms with van der Waals surface area (Å²) in [5.74, 6) is 1.60. The molecule has 1 heterocycles. The number of ketones is 1. The lowest BCUT2D eigenvalue weighted by Gasteiger charge is -2.07. The van der Waals surface area contributed by atoms with E-state index in [9.17, 15) is 4.79 Å². The average Bonchev–Trinajstić information content (AvgIpc) is 3.22. The Balaban J connectivity index is 1.91. The van der Waals surface area contributed by atoms with Crippen molar-refractivity contribution in [2.45, 2.75) is 23.7 Å². The first-order chi connectivity index (χ1) is 9.81. The molecule has 0 atom stereocenters. The van der Waals surface area contributed by atoms with Crippen LogP contribution in [0.2, 0.25) is 0 Å². The highest BCUT2D eigenvalue weighted by atomic mass is 32.2. The molecule has 0 saturated heterocycles. The third kappa shape index (κ3) is 2.64. The molecular weight excluding hydrogens is 274 g/mol. The molecule has 1 aliphatic carbocycles. The normalized spacial score (nSPS) is 14.4. The molecule has 4 nitrogen and oxygen atoms in total. The molecule has 0 amide bonds. The Bertz CT molecular complexity index is 619. The predicted molar refractivity (Wildman–Crippen MR) is 76.1 cm³/mol. The molecule has 20 heavy (non-hydrogen) atoms. The molecular formula is C15H15NO3S. The summed E-state index contributed by atoms with van der Waals surface area (Å²) in [6, 6.07) is 7.56. The van der Waals surface area contributed by atoms with Gasteiger partial charge in [-0.05, 0) is 25.0 Å². The summed E-state index contributed by atoms with van der Waals surface area (Å²) in [4.78, 5) is 13.6. The fourth-order valence-electron chi connectivity index (χ4n) is 2.11. The van der Waals surface area contributed by atoms with Crippen molar-refractivity contribution in [3.8, 4) is 0 Å². The Kier molecular flexibility index (Phi) is 3.89. The molecule has 1 aliphatic rings. The van der Waals surface area contributed by atoms with Gasteiger partial charge in [-0.2, -0.15) is 0 Å². The Labute approximate surface area is 121 Å². The molecule has 1 aromatic heterocycles. The first-order valence-electron chi connectivity index (χ1n) is 6.51. The second-order valence-corrected chi connectivity index (χ2v) is 5.72. The number of carbonyl (C=O) groups is 1. The minimum atomic E-state index is -0.0210. The van der Waals surface area contributed by atoms with E-state index in [4.69, 9.17) is 9.26 Å². The van der Waals surface area contributed by atoms with Gasteiger partial charge in [0.25, 0.3) is 0 Å². The monoisotopic (exact) mass is 289 g/mol. The van der Waals surface area contributed by atoms with Crippen molar-refractivity contribution in [3.05, 3.63) is 47.3 Å². The van der Waals surface area contributed by atoms with Gasteiger partial charge in [0, 0.05) is 23.5 Å². The van der Waals surface area contributed by atoms with Gasteiger partial charge in [0.1, 0.15) is 0 Å². The molecule has 3 rings (SSSR count). The number of nitrogens with zero attached hydrogens (tertiary/aromatic N) is 1. The first-order valence-corrected chi connectivity index (χ1v) is 7.50. The molecule has 0 unspecified atom stereocenters. The van der Waals surface area contributed by atoms with Crippen LogP contribution in [0.25, 0.3) is 0 Å². The summed E-state index contributed by atoms with van der Waals surface area (Å²) in [7, 11) is 1.64. The van der Waals surface area contributed by atoms with E-state index in [0.717, 1.165) is 23.5 Å². The largest absolute Gasteiger partial charge is 0.374 e. The fourth-order valence-corrected chi connectivity index (χ4v) is 2.84. The standard InChI is InChI=1S/C15H15NO3S/c1-18-9-20-13-5-3-2-4-11(13)14(17)12-8-16-19-15(12)10-6-7-10/h2-5,8,10H,6-7,9H2,1H3. The number of methoxy groups -OCH3 is 1. The van der Waals surface area contributed by atoms with Crippen LogP contribution in [0.1, 0.15) is 40.4 Å². The number of benzene rings is 1. The Morgan fingerprint density at radius 2 is 2.20 bits per heavy atom. The van der Waals surface area contributed by atoms with Gasteiger partial charge in [0.2, 0.25) is 0 Å². The van der Waals surface area contributed by atoms with Crippen LogP contribution in [0.4, 0.5) is 0 Å². The number of aromatic nitrogens is 1. The van der Waals surface area contributed by atoms with Crippen molar-refractivity contribution in [1.82, 2.24) is 5.16 Å². The van der Waals surface area contributed by atoms with Gasteiger partial charge in [0.15, 0.2) is 11.5 Å². The third-order valence-corrected chi connectivity index (χ3v) is 4.28. The molecule has 1 saturated carbocycles. The third-order valence-electron chi connectivity index (χ3n) is 3.26. The molecule has 0 N–H and O–H groups in total. The predicted octanol–water partition coefficient (Wildman–Crippen LogP) is 3.48. The molecule has 5 heteroatoms. The maximum absolute atomic E-state index is 12.7. The number of rotatable bonds is 6. The van der Waals surface area contributed by atoms with Crippen molar-refractivity contribution in [2.24, 2.45) is 0 Å². The number of hydrogen-bond acceptors (Lipinski definition) is 5. The van der Waals surface area contributed by atoms with Gasteiger partial charge in [0.05, 0.1) is 17.7 Å². The summed E-state index contributed by atoms with van der Waals surface area (Å²) in [5, 5.41) is 3.79. The van der Waals surface area contributed by atoms with Crippen LogP contribution in [0.15, 0.2) is 39.9 Å². The van der Waals surface area contributed by atoms with E-state index in [1.807, 2.05) is 24.3 Å². The Morgan fingerprint density at radius 1 is 1.40 bits per heavy atom. The summed E-state index contributed by atoms with van der Waals surface area (Å²) in [5.41, 5.74) is 1.28. The second kappa shape index (κ2) is 5.81. The van der Waals surface area contributed by atoms with E-state index in [1.54, 1.807) is 7.11 Å². The summed E-state index contributed by atoms with van der Waals surface area (Å²) in [6.45, 7) is 0. The number of thioether (sulfide) groups is 1. The first kappa shape index (κ1) is 13.4. The zero-order valence-electron chi connectivity index (χ0n) is 11.2. The highest BCUT2D eigenvalue weighted by Gasteiger charge is 2.33. The van der Waals surface area contributed by atoms with Crippen LogP contribution in [-0.2, 0) is 4.74 Å². The zero-order valence-corrected chi connectivity index (χ0v) is 12.0. The lowest BCUT2D eigenvalue weighted by Crippen LogP contribution is -2.04. The molecule has 0 aliphatic heterocycles. The molecule has 1 fully saturated rings. The van der Waals surface area contributed by atoms with E-state index < -0.39 is 0 Å². The number of ether oxygens (including phenoxy) is 1. The van der Waals surface area contributed by atoms with Gasteiger partial charge in [-0.25, -0.2) is 0 Å². The SMILES string of the molecule is COCSc1ccccc1C(=O)c1cnoc1C1CC1. The Hall–Kier alpha value is -1.59. The van der Waals surface area contributed by atoms with E-state index in [-0.39, 0.29) is 5.78 Å². The topological polar surface area (TPSA) is 52.3 Å². The van der Waals surface area contributed by atoms with Crippen molar-refractivity contribution in [3.63, 3.8) is 0 Å². The maximum Gasteiger partial charge on any atom is 0.199 e. The summed E-state index contributed by atoms with van der Waals surface area (Å²) >= 11 is 1.51. The van der Waals surface area contributed by atoms with Gasteiger partial charge >= 0.3 is 0 Å². The summed E-state index contributed by atoms with van der Waals surface area (Å²) < 4.78 is 10.3. The lowest BCUT2D eigenvalue weighted by atomic mass is 10.0. The molecule has 0 radical (unpaired) electrons. The minimum absolute atomic E-state index is 0.0210. The van der Waals surface area contributed by atoms with Crippen LogP contribution in [0.3, 0.4) is 0 Å². The molecule has 0 bridgehead atoms. The van der Waals surface area contributed by atoms with E-state index in [1.165, 1.54) is 18.0 Å². The van der Waals surface area contributed by atoms with Gasteiger partial charge < -0.3 is 9.26 Å². The van der Waals surface area contributed by atoms with Gasteiger partial charge in [-0.15, -0.1) is 0 Å². The van der Waals surface area contributed by atoms with Crippen LogP contribution in [-0.4, -0.2) is 24.0 Å². The lowest BCUT2D eigenvalue weighted by molar-refractivity contribution is 0.103. The van der Waals surface area contributed by atoms with Gasteiger partial charge in [-0.1, -0.05) is 29.1 Å². The maximum atomic E-state index is 12.7. The average molecular weight is 289 g/mol. The van der Waals surface area contributed by atoms with E-state index in [2.05, 4.69) is 5.16 Å². The molecule has 2 aromatic rings. The fraction of sp³-hybridized carbons (Fsp3) is 0.333. The molecule has 1 aromatic carbocycles. The second-order valence-electron chi connectivity index (χ2n) is 4.75. The van der Waals surface area contributed by atoms with E-state index >= 15 is 0 Å². The molecule has 0 spiro atoms. The number of carbonyl (C=O) groups excluding carboxylic acids is 1. The quantitative estimate of drug-likeness (QED) is 0.463. The van der Waals surface area contributed by atoms with Crippen LogP contribution >= 0.6 is 11.8 Å². The molecule has 104 valence electrons. The van der Waals surface area contributed by atoms with Crippen molar-refractivity contribution in [2.75, 3.05) is 13.0 Å². The van der Waals surface area contributed by atoms with Crippen molar-refractivity contribution >= 4 is 17.5 Å². The smallest absolute Gasteiger partial charge is 0.199 e. The van der Waals surface area contributed by atoms with E-state index in [0.29, 0.717) is 23.0 Å². The van der Waals surface area contributed by atoms with Gasteiger partial charge in [-0.3, -0.25) is 4.79 Å². The Morgan fingerprint density at radius 3 is 2.95 bits per heavy atom. The number of hydrogen-bond donors (Lipinski definition) is 0. The van der Waals surface area contributed by atoms with Crippen LogP contribution < -0.4 is 0 Å². The van der Waals surface area contributed by atoms with Crippen LogP contribution in [0.5, 0.6) is 0 Å². The summed E-state index contributed by atoms with van der Waals surface area (Å²) in [6.07, 6.45) is 3.69. The minimum Gasteiger partial charge on any atom is -0.374 e. The highest BCUT2D eigenvalue weighted by Crippen LogP contribution is 2.42. The van der Waals surface area contributed by atoms with Crippen molar-refractivity contribution in [1.29, 1.82) is 0 Å². The van der Waals surface area contributed by atoms with Crippen LogP contribution in [0, 0.1) is 0 Å². The zero-order chi connectivity index (χ0) is 13.9. The van der Waals surface area contributed by atoms with Crippen molar-refractivity contribution < 1.29 is 14.1 Å². The highest BCUT2D eigenvalue weighted by molar-refractivity contribution is 7.99.